The van der Waals surface area contributed by atoms with Crippen LogP contribution < -0.4 is 4.72 Å². The summed E-state index contributed by atoms with van der Waals surface area (Å²) in [5.74, 6) is 0.835. The van der Waals surface area contributed by atoms with Crippen molar-refractivity contribution in [3.05, 3.63) is 59.2 Å². The first-order valence-electron chi connectivity index (χ1n) is 9.75. The van der Waals surface area contributed by atoms with Gasteiger partial charge < -0.3 is 4.90 Å². The molecule has 0 aromatic heterocycles. The quantitative estimate of drug-likeness (QED) is 0.778. The summed E-state index contributed by atoms with van der Waals surface area (Å²) in [6.07, 6.45) is -0.0648. The van der Waals surface area contributed by atoms with Gasteiger partial charge in [-0.2, -0.15) is 13.2 Å². The monoisotopic (exact) mass is 424 g/mol. The third-order valence-corrected chi connectivity index (χ3v) is 6.96. The summed E-state index contributed by atoms with van der Waals surface area (Å²) >= 11 is 0. The number of nitrogens with zero attached hydrogens (tertiary/aromatic N) is 1. The van der Waals surface area contributed by atoms with E-state index in [1.165, 1.54) is 18.4 Å². The van der Waals surface area contributed by atoms with Crippen LogP contribution in [0.2, 0.25) is 0 Å². The van der Waals surface area contributed by atoms with Crippen LogP contribution in [0.5, 0.6) is 0 Å². The van der Waals surface area contributed by atoms with Crippen molar-refractivity contribution in [1.29, 1.82) is 0 Å². The smallest absolute Gasteiger partial charge is 0.302 e. The number of fused-ring (bicyclic) bond motifs is 1. The molecule has 1 heterocycles. The van der Waals surface area contributed by atoms with Crippen LogP contribution in [0.25, 0.3) is 0 Å². The lowest BCUT2D eigenvalue weighted by molar-refractivity contribution is -0.137. The minimum atomic E-state index is -4.50. The topological polar surface area (TPSA) is 49.4 Å². The van der Waals surface area contributed by atoms with Crippen molar-refractivity contribution in [2.45, 2.75) is 36.8 Å². The normalized spacial score (nSPS) is 18.2. The Kier molecular flexibility index (Phi) is 5.33. The molecule has 1 fully saturated rings. The van der Waals surface area contributed by atoms with Crippen molar-refractivity contribution in [1.82, 2.24) is 4.90 Å². The summed E-state index contributed by atoms with van der Waals surface area (Å²) in [6.45, 7) is 3.11. The maximum atomic E-state index is 12.7. The summed E-state index contributed by atoms with van der Waals surface area (Å²) in [5, 5.41) is 0. The van der Waals surface area contributed by atoms with Crippen LogP contribution >= 0.6 is 0 Å². The minimum absolute atomic E-state index is 0.198. The summed E-state index contributed by atoms with van der Waals surface area (Å²) in [7, 11) is -3.96. The molecule has 1 aliphatic carbocycles. The maximum Gasteiger partial charge on any atom is 0.416 e. The maximum absolute atomic E-state index is 12.7. The van der Waals surface area contributed by atoms with Gasteiger partial charge in [-0.1, -0.05) is 6.07 Å². The molecular formula is C21H23F3N2O2S. The molecule has 2 aromatic carbocycles. The Morgan fingerprint density at radius 1 is 0.966 bits per heavy atom. The van der Waals surface area contributed by atoms with Gasteiger partial charge in [0.15, 0.2) is 0 Å². The first kappa shape index (κ1) is 20.2. The highest BCUT2D eigenvalue weighted by Crippen LogP contribution is 2.31. The third kappa shape index (κ3) is 4.93. The van der Waals surface area contributed by atoms with E-state index in [0.29, 0.717) is 5.69 Å². The number of hydrogen-bond acceptors (Lipinski definition) is 3. The van der Waals surface area contributed by atoms with Crippen LogP contribution in [0.1, 0.15) is 29.5 Å². The van der Waals surface area contributed by atoms with Gasteiger partial charge in [-0.15, -0.1) is 0 Å². The van der Waals surface area contributed by atoms with Crippen LogP contribution in [-0.2, 0) is 29.0 Å². The number of rotatable bonds is 5. The van der Waals surface area contributed by atoms with E-state index in [1.807, 2.05) is 12.1 Å². The van der Waals surface area contributed by atoms with Crippen molar-refractivity contribution in [3.63, 3.8) is 0 Å². The Morgan fingerprint density at radius 3 is 2.24 bits per heavy atom. The predicted octanol–water partition coefficient (Wildman–Crippen LogP) is 4.32. The highest BCUT2D eigenvalue weighted by atomic mass is 32.2. The van der Waals surface area contributed by atoms with Crippen molar-refractivity contribution < 1.29 is 21.6 Å². The number of benzene rings is 2. The summed E-state index contributed by atoms with van der Waals surface area (Å²) in [6, 6.07) is 9.02. The van der Waals surface area contributed by atoms with Crippen molar-refractivity contribution >= 4 is 15.7 Å². The molecule has 0 radical (unpaired) electrons. The van der Waals surface area contributed by atoms with Crippen molar-refractivity contribution in [3.8, 4) is 0 Å². The number of nitrogens with one attached hydrogen (secondary N) is 1. The van der Waals surface area contributed by atoms with E-state index in [1.54, 1.807) is 6.07 Å². The SMILES string of the molecule is O=S(=O)(Nc1ccc2c(c1)CCN(CC1CC1)CC2)c1ccc(C(F)(F)F)cc1. The fourth-order valence-electron chi connectivity index (χ4n) is 3.72. The third-order valence-electron chi connectivity index (χ3n) is 5.56. The molecule has 2 aromatic rings. The van der Waals surface area contributed by atoms with E-state index in [9.17, 15) is 21.6 Å². The van der Waals surface area contributed by atoms with Gasteiger partial charge in [0.1, 0.15) is 0 Å². The van der Waals surface area contributed by atoms with Gasteiger partial charge >= 0.3 is 6.18 Å². The second-order valence-electron chi connectivity index (χ2n) is 7.86. The molecule has 2 aliphatic rings. The highest BCUT2D eigenvalue weighted by molar-refractivity contribution is 7.92. The molecule has 1 N–H and O–H groups in total. The Bertz CT molecular complexity index is 984. The largest absolute Gasteiger partial charge is 0.416 e. The average molecular weight is 424 g/mol. The lowest BCUT2D eigenvalue weighted by atomic mass is 10.0. The van der Waals surface area contributed by atoms with E-state index >= 15 is 0 Å². The van der Waals surface area contributed by atoms with E-state index in [4.69, 9.17) is 0 Å². The molecular weight excluding hydrogens is 401 g/mol. The zero-order valence-electron chi connectivity index (χ0n) is 15.9. The average Bonchev–Trinajstić information content (AvgIpc) is 3.49. The van der Waals surface area contributed by atoms with Gasteiger partial charge in [-0.3, -0.25) is 4.72 Å². The van der Waals surface area contributed by atoms with Crippen LogP contribution in [0.3, 0.4) is 0 Å². The fourth-order valence-corrected chi connectivity index (χ4v) is 4.77. The molecule has 0 spiro atoms. The lowest BCUT2D eigenvalue weighted by Gasteiger charge is -2.18. The first-order chi connectivity index (χ1) is 13.7. The van der Waals surface area contributed by atoms with Crippen molar-refractivity contribution in [2.75, 3.05) is 24.4 Å². The molecule has 29 heavy (non-hydrogen) atoms. The molecule has 156 valence electrons. The van der Waals surface area contributed by atoms with Gasteiger partial charge in [0.2, 0.25) is 0 Å². The Hall–Kier alpha value is -2.06. The molecule has 0 saturated heterocycles. The van der Waals surface area contributed by atoms with Crippen LogP contribution in [0.15, 0.2) is 47.4 Å². The number of hydrogen-bond donors (Lipinski definition) is 1. The van der Waals surface area contributed by atoms with Gasteiger partial charge in [0.05, 0.1) is 10.5 Å². The minimum Gasteiger partial charge on any atom is -0.302 e. The van der Waals surface area contributed by atoms with Gasteiger partial charge in [0.25, 0.3) is 10.0 Å². The highest BCUT2D eigenvalue weighted by Gasteiger charge is 2.30. The van der Waals surface area contributed by atoms with E-state index in [0.717, 1.165) is 68.2 Å². The van der Waals surface area contributed by atoms with E-state index < -0.39 is 21.8 Å². The zero-order valence-corrected chi connectivity index (χ0v) is 16.7. The van der Waals surface area contributed by atoms with Crippen LogP contribution in [0.4, 0.5) is 18.9 Å². The standard InChI is InChI=1S/C21H23F3N2O2S/c22-21(23,24)18-4-7-20(8-5-18)29(27,28)25-19-6-3-16-9-11-26(14-15-1-2-15)12-10-17(16)13-19/h3-8,13,15,25H,1-2,9-12,14H2. The fraction of sp³-hybridized carbons (Fsp3) is 0.429. The first-order valence-corrected chi connectivity index (χ1v) is 11.2. The van der Waals surface area contributed by atoms with Gasteiger partial charge in [-0.05, 0) is 79.1 Å². The predicted molar refractivity (Wildman–Crippen MR) is 105 cm³/mol. The number of alkyl halides is 3. The second kappa shape index (κ2) is 7.65. The number of halogens is 3. The molecule has 4 rings (SSSR count). The molecule has 0 unspecified atom stereocenters. The number of anilines is 1. The Balaban J connectivity index is 1.47. The summed E-state index contributed by atoms with van der Waals surface area (Å²) in [5.41, 5.74) is 1.90. The van der Waals surface area contributed by atoms with E-state index in [2.05, 4.69) is 9.62 Å². The Labute approximate surface area is 168 Å². The second-order valence-corrected chi connectivity index (χ2v) is 9.54. The molecule has 4 nitrogen and oxygen atoms in total. The summed E-state index contributed by atoms with van der Waals surface area (Å²) in [4.78, 5) is 2.28. The molecule has 0 atom stereocenters. The molecule has 8 heteroatoms. The lowest BCUT2D eigenvalue weighted by Crippen LogP contribution is -2.28. The molecule has 1 aliphatic heterocycles. The van der Waals surface area contributed by atoms with Crippen LogP contribution in [0, 0.1) is 5.92 Å². The van der Waals surface area contributed by atoms with Crippen LogP contribution in [-0.4, -0.2) is 33.0 Å². The zero-order chi connectivity index (χ0) is 20.6. The van der Waals surface area contributed by atoms with E-state index in [-0.39, 0.29) is 4.90 Å². The summed E-state index contributed by atoms with van der Waals surface area (Å²) < 4.78 is 65.7. The number of sulfonamides is 1. The van der Waals surface area contributed by atoms with Gasteiger partial charge in [0, 0.05) is 25.3 Å². The molecule has 0 bridgehead atoms. The Morgan fingerprint density at radius 2 is 1.62 bits per heavy atom. The van der Waals surface area contributed by atoms with Crippen molar-refractivity contribution in [2.24, 2.45) is 5.92 Å². The molecule has 0 amide bonds. The van der Waals surface area contributed by atoms with Gasteiger partial charge in [-0.25, -0.2) is 8.42 Å². The molecule has 1 saturated carbocycles.